The quantitative estimate of drug-likeness (QED) is 0.766. The van der Waals surface area contributed by atoms with Crippen LogP contribution in [0.2, 0.25) is 0 Å². The van der Waals surface area contributed by atoms with Crippen LogP contribution in [0.1, 0.15) is 16.7 Å². The molecule has 1 aromatic rings. The Morgan fingerprint density at radius 2 is 2.24 bits per heavy atom. The van der Waals surface area contributed by atoms with E-state index in [1.165, 1.54) is 0 Å². The number of nitrogens with two attached hydrogens (primary N) is 1. The monoisotopic (exact) mass is 251 g/mol. The average molecular weight is 251 g/mol. The van der Waals surface area contributed by atoms with E-state index in [0.717, 1.165) is 16.7 Å². The normalized spacial score (nSPS) is 15.2. The van der Waals surface area contributed by atoms with E-state index in [2.05, 4.69) is 6.19 Å². The SMILES string of the molecule is N#CN1CCc2c(cccc2CS(N)(=O)=O)C1. The summed E-state index contributed by atoms with van der Waals surface area (Å²) in [5.41, 5.74) is 2.79. The maximum Gasteiger partial charge on any atom is 0.213 e. The molecule has 0 radical (unpaired) electrons. The van der Waals surface area contributed by atoms with Gasteiger partial charge in [-0.25, -0.2) is 13.6 Å². The number of primary sulfonamides is 1. The number of hydrogen-bond acceptors (Lipinski definition) is 4. The average Bonchev–Trinajstić information content (AvgIpc) is 2.26. The van der Waals surface area contributed by atoms with Crippen molar-refractivity contribution in [3.63, 3.8) is 0 Å². The molecule has 0 saturated carbocycles. The number of sulfonamides is 1. The van der Waals surface area contributed by atoms with E-state index >= 15 is 0 Å². The minimum Gasteiger partial charge on any atom is -0.306 e. The summed E-state index contributed by atoms with van der Waals surface area (Å²) in [7, 11) is -3.51. The molecule has 90 valence electrons. The number of nitriles is 1. The van der Waals surface area contributed by atoms with Crippen LogP contribution in [0.15, 0.2) is 18.2 Å². The highest BCUT2D eigenvalue weighted by molar-refractivity contribution is 7.88. The molecule has 0 bridgehead atoms. The first kappa shape index (κ1) is 11.9. The lowest BCUT2D eigenvalue weighted by atomic mass is 9.95. The van der Waals surface area contributed by atoms with Gasteiger partial charge in [0, 0.05) is 6.54 Å². The summed E-state index contributed by atoms with van der Waals surface area (Å²) in [6.45, 7) is 1.18. The molecule has 0 amide bonds. The van der Waals surface area contributed by atoms with Crippen molar-refractivity contribution in [2.45, 2.75) is 18.7 Å². The molecule has 2 rings (SSSR count). The highest BCUT2D eigenvalue weighted by Crippen LogP contribution is 2.23. The van der Waals surface area contributed by atoms with E-state index in [4.69, 9.17) is 10.4 Å². The summed E-state index contributed by atoms with van der Waals surface area (Å²) in [5, 5.41) is 13.9. The molecule has 2 N–H and O–H groups in total. The third kappa shape index (κ3) is 2.75. The minimum atomic E-state index is -3.51. The molecule has 1 aromatic carbocycles. The van der Waals surface area contributed by atoms with Gasteiger partial charge in [-0.15, -0.1) is 0 Å². The van der Waals surface area contributed by atoms with Crippen LogP contribution in [-0.4, -0.2) is 19.9 Å². The molecule has 0 atom stereocenters. The Kier molecular flexibility index (Phi) is 3.05. The van der Waals surface area contributed by atoms with Crippen molar-refractivity contribution < 1.29 is 8.42 Å². The fourth-order valence-electron chi connectivity index (χ4n) is 2.13. The van der Waals surface area contributed by atoms with Gasteiger partial charge >= 0.3 is 0 Å². The second-order valence-electron chi connectivity index (χ2n) is 4.13. The Morgan fingerprint density at radius 1 is 1.47 bits per heavy atom. The summed E-state index contributed by atoms with van der Waals surface area (Å²) < 4.78 is 22.2. The predicted octanol–water partition coefficient (Wildman–Crippen LogP) is 0.314. The topological polar surface area (TPSA) is 87.2 Å². The van der Waals surface area contributed by atoms with Crippen LogP contribution in [0.5, 0.6) is 0 Å². The fraction of sp³-hybridized carbons (Fsp3) is 0.364. The number of fused-ring (bicyclic) bond motifs is 1. The minimum absolute atomic E-state index is 0.136. The van der Waals surface area contributed by atoms with Crippen LogP contribution >= 0.6 is 0 Å². The summed E-state index contributed by atoms with van der Waals surface area (Å²) in [5.74, 6) is -0.136. The van der Waals surface area contributed by atoms with Crippen LogP contribution < -0.4 is 5.14 Å². The second-order valence-corrected chi connectivity index (χ2v) is 5.75. The largest absolute Gasteiger partial charge is 0.306 e. The lowest BCUT2D eigenvalue weighted by molar-refractivity contribution is 0.367. The Morgan fingerprint density at radius 3 is 2.88 bits per heavy atom. The third-order valence-electron chi connectivity index (χ3n) is 2.86. The molecule has 0 aromatic heterocycles. The summed E-state index contributed by atoms with van der Waals surface area (Å²) in [6, 6.07) is 5.51. The zero-order chi connectivity index (χ0) is 12.5. The van der Waals surface area contributed by atoms with Crippen molar-refractivity contribution in [1.29, 1.82) is 5.26 Å². The molecule has 5 nitrogen and oxygen atoms in total. The van der Waals surface area contributed by atoms with E-state index < -0.39 is 10.0 Å². The zero-order valence-corrected chi connectivity index (χ0v) is 10.1. The summed E-state index contributed by atoms with van der Waals surface area (Å²) in [6.07, 6.45) is 2.79. The van der Waals surface area contributed by atoms with Crippen LogP contribution in [0.3, 0.4) is 0 Å². The Balaban J connectivity index is 2.36. The van der Waals surface area contributed by atoms with Gasteiger partial charge in [-0.05, 0) is 23.1 Å². The van der Waals surface area contributed by atoms with Gasteiger partial charge in [-0.2, -0.15) is 5.26 Å². The van der Waals surface area contributed by atoms with Crippen LogP contribution in [0, 0.1) is 11.5 Å². The lowest BCUT2D eigenvalue weighted by Gasteiger charge is -2.25. The predicted molar refractivity (Wildman–Crippen MR) is 63.0 cm³/mol. The molecule has 1 aliphatic heterocycles. The van der Waals surface area contributed by atoms with Crippen molar-refractivity contribution >= 4 is 10.0 Å². The van der Waals surface area contributed by atoms with Crippen LogP contribution in [-0.2, 0) is 28.7 Å². The highest BCUT2D eigenvalue weighted by Gasteiger charge is 2.19. The summed E-state index contributed by atoms with van der Waals surface area (Å²) in [4.78, 5) is 1.66. The number of hydrogen-bond donors (Lipinski definition) is 1. The Bertz CT molecular complexity index is 575. The molecule has 1 heterocycles. The molecule has 0 aliphatic carbocycles. The standard InChI is InChI=1S/C11H13N3O2S/c12-8-14-5-4-11-9(6-14)2-1-3-10(11)7-17(13,15)16/h1-3H,4-7H2,(H2,13,15,16). The van der Waals surface area contributed by atoms with Gasteiger partial charge in [0.15, 0.2) is 6.19 Å². The first-order chi connectivity index (χ1) is 7.99. The first-order valence-electron chi connectivity index (χ1n) is 5.24. The van der Waals surface area contributed by atoms with Gasteiger partial charge in [-0.3, -0.25) is 0 Å². The van der Waals surface area contributed by atoms with Crippen LogP contribution in [0.25, 0.3) is 0 Å². The van der Waals surface area contributed by atoms with E-state index in [0.29, 0.717) is 19.5 Å². The first-order valence-corrected chi connectivity index (χ1v) is 6.96. The van der Waals surface area contributed by atoms with E-state index in [1.54, 1.807) is 17.0 Å². The Labute approximate surface area is 101 Å². The zero-order valence-electron chi connectivity index (χ0n) is 9.26. The van der Waals surface area contributed by atoms with Crippen molar-refractivity contribution in [3.05, 3.63) is 34.9 Å². The molecule has 0 fully saturated rings. The molecule has 0 spiro atoms. The van der Waals surface area contributed by atoms with Gasteiger partial charge < -0.3 is 4.90 Å². The highest BCUT2D eigenvalue weighted by atomic mass is 32.2. The van der Waals surface area contributed by atoms with E-state index in [-0.39, 0.29) is 5.75 Å². The van der Waals surface area contributed by atoms with Gasteiger partial charge in [0.25, 0.3) is 0 Å². The number of rotatable bonds is 2. The molecular formula is C11H13N3O2S. The molecule has 0 unspecified atom stereocenters. The molecule has 6 heteroatoms. The molecule has 1 aliphatic rings. The van der Waals surface area contributed by atoms with Crippen LogP contribution in [0.4, 0.5) is 0 Å². The lowest BCUT2D eigenvalue weighted by Crippen LogP contribution is -2.27. The van der Waals surface area contributed by atoms with E-state index in [9.17, 15) is 8.42 Å². The summed E-state index contributed by atoms with van der Waals surface area (Å²) >= 11 is 0. The van der Waals surface area contributed by atoms with Crippen molar-refractivity contribution in [2.24, 2.45) is 5.14 Å². The van der Waals surface area contributed by atoms with Crippen molar-refractivity contribution in [1.82, 2.24) is 4.90 Å². The second kappa shape index (κ2) is 4.35. The van der Waals surface area contributed by atoms with E-state index in [1.807, 2.05) is 6.07 Å². The van der Waals surface area contributed by atoms with Gasteiger partial charge in [0.1, 0.15) is 0 Å². The van der Waals surface area contributed by atoms with Crippen molar-refractivity contribution in [3.8, 4) is 6.19 Å². The van der Waals surface area contributed by atoms with Crippen molar-refractivity contribution in [2.75, 3.05) is 6.54 Å². The maximum atomic E-state index is 11.1. The van der Waals surface area contributed by atoms with Gasteiger partial charge in [0.05, 0.1) is 12.3 Å². The smallest absolute Gasteiger partial charge is 0.213 e. The Hall–Kier alpha value is -1.58. The van der Waals surface area contributed by atoms with Gasteiger partial charge in [-0.1, -0.05) is 18.2 Å². The number of benzene rings is 1. The third-order valence-corrected chi connectivity index (χ3v) is 3.57. The molecular weight excluding hydrogens is 238 g/mol. The molecule has 0 saturated heterocycles. The molecule has 17 heavy (non-hydrogen) atoms. The number of nitrogens with zero attached hydrogens (tertiary/aromatic N) is 2. The van der Waals surface area contributed by atoms with Gasteiger partial charge in [0.2, 0.25) is 10.0 Å². The maximum absolute atomic E-state index is 11.1. The fourth-order valence-corrected chi connectivity index (χ4v) is 2.83.